The summed E-state index contributed by atoms with van der Waals surface area (Å²) in [6.45, 7) is 2.24. The molecule has 0 bridgehead atoms. The van der Waals surface area contributed by atoms with Gasteiger partial charge in [0.2, 0.25) is 11.4 Å². The lowest BCUT2D eigenvalue weighted by molar-refractivity contribution is 0.0536. The van der Waals surface area contributed by atoms with Crippen molar-refractivity contribution in [2.75, 3.05) is 32.6 Å². The summed E-state index contributed by atoms with van der Waals surface area (Å²) in [7, 11) is 3.49. The molecule has 1 aliphatic heterocycles. The van der Waals surface area contributed by atoms with Crippen LogP contribution >= 0.6 is 0 Å². The number of allylic oxidation sites excluding steroid dienone is 1. The van der Waals surface area contributed by atoms with E-state index in [-0.39, 0.29) is 10.9 Å². The molecule has 9 nitrogen and oxygen atoms in total. The van der Waals surface area contributed by atoms with Gasteiger partial charge in [-0.15, -0.1) is 0 Å². The van der Waals surface area contributed by atoms with Gasteiger partial charge >= 0.3 is 0 Å². The van der Waals surface area contributed by atoms with E-state index >= 15 is 0 Å². The largest absolute Gasteiger partial charge is 0.324 e. The SMILES string of the molecule is CONC(=O)c1cn(-c2ccc3c(c2)C=CC3)c2nc(Nc3ccc(C4CCN(C)CC4)cc3)ncc2c1=O. The van der Waals surface area contributed by atoms with Crippen LogP contribution in [0.2, 0.25) is 0 Å². The van der Waals surface area contributed by atoms with E-state index in [0.29, 0.717) is 17.5 Å². The number of nitrogens with one attached hydrogen (secondary N) is 2. The number of anilines is 2. The van der Waals surface area contributed by atoms with E-state index in [1.807, 2.05) is 24.3 Å². The number of hydrogen-bond donors (Lipinski definition) is 2. The highest BCUT2D eigenvalue weighted by atomic mass is 16.6. The first-order chi connectivity index (χ1) is 19.0. The molecular weight excluding hydrogens is 492 g/mol. The monoisotopic (exact) mass is 522 g/mol. The Bertz CT molecular complexity index is 1640. The van der Waals surface area contributed by atoms with E-state index in [1.54, 1.807) is 4.57 Å². The average molecular weight is 523 g/mol. The third-order valence-electron chi connectivity index (χ3n) is 7.58. The molecule has 4 aromatic rings. The molecule has 2 aliphatic rings. The fourth-order valence-electron chi connectivity index (χ4n) is 5.37. The molecule has 39 heavy (non-hydrogen) atoms. The van der Waals surface area contributed by atoms with Gasteiger partial charge in [0.05, 0.1) is 12.5 Å². The number of likely N-dealkylation sites (tertiary alicyclic amines) is 1. The maximum Gasteiger partial charge on any atom is 0.280 e. The molecular formula is C30H30N6O3. The Balaban J connectivity index is 1.37. The summed E-state index contributed by atoms with van der Waals surface area (Å²) in [4.78, 5) is 42.1. The number of nitrogens with zero attached hydrogens (tertiary/aromatic N) is 4. The maximum absolute atomic E-state index is 13.2. The van der Waals surface area contributed by atoms with Gasteiger partial charge in [-0.25, -0.2) is 10.5 Å². The van der Waals surface area contributed by atoms with Crippen LogP contribution in [-0.2, 0) is 11.3 Å². The molecule has 3 heterocycles. The molecule has 2 N–H and O–H groups in total. The molecule has 1 fully saturated rings. The molecule has 0 radical (unpaired) electrons. The third-order valence-corrected chi connectivity index (χ3v) is 7.58. The number of piperidine rings is 1. The van der Waals surface area contributed by atoms with Crippen molar-refractivity contribution in [2.45, 2.75) is 25.2 Å². The molecule has 2 aromatic heterocycles. The van der Waals surface area contributed by atoms with Gasteiger partial charge in [-0.3, -0.25) is 14.4 Å². The number of rotatable bonds is 6. The van der Waals surface area contributed by atoms with Crippen LogP contribution in [0.1, 0.15) is 45.8 Å². The zero-order valence-electron chi connectivity index (χ0n) is 22.0. The predicted molar refractivity (Wildman–Crippen MR) is 152 cm³/mol. The molecule has 1 amide bonds. The van der Waals surface area contributed by atoms with Gasteiger partial charge in [-0.05, 0) is 86.3 Å². The highest BCUT2D eigenvalue weighted by molar-refractivity contribution is 5.96. The summed E-state index contributed by atoms with van der Waals surface area (Å²) in [5, 5.41) is 3.51. The molecule has 1 aliphatic carbocycles. The normalized spacial score (nSPS) is 15.4. The first-order valence-electron chi connectivity index (χ1n) is 13.1. The first-order valence-corrected chi connectivity index (χ1v) is 13.1. The number of fused-ring (bicyclic) bond motifs is 2. The Hall–Kier alpha value is -4.34. The summed E-state index contributed by atoms with van der Waals surface area (Å²) < 4.78 is 1.75. The summed E-state index contributed by atoms with van der Waals surface area (Å²) >= 11 is 0. The van der Waals surface area contributed by atoms with Gasteiger partial charge in [0.1, 0.15) is 5.56 Å². The lowest BCUT2D eigenvalue weighted by Crippen LogP contribution is -2.29. The van der Waals surface area contributed by atoms with Crippen LogP contribution in [0.15, 0.2) is 65.7 Å². The zero-order valence-corrected chi connectivity index (χ0v) is 22.0. The Labute approximate surface area is 226 Å². The fraction of sp³-hybridized carbons (Fsp3) is 0.267. The summed E-state index contributed by atoms with van der Waals surface area (Å²) in [6.07, 6.45) is 10.4. The van der Waals surface area contributed by atoms with E-state index in [0.717, 1.165) is 49.3 Å². The first kappa shape index (κ1) is 25.0. The van der Waals surface area contributed by atoms with Gasteiger partial charge in [-0.2, -0.15) is 4.98 Å². The number of amides is 1. The molecule has 198 valence electrons. The number of hydroxylamine groups is 1. The van der Waals surface area contributed by atoms with Crippen LogP contribution in [0.4, 0.5) is 11.6 Å². The quantitative estimate of drug-likeness (QED) is 0.366. The second kappa shape index (κ2) is 10.4. The lowest BCUT2D eigenvalue weighted by Gasteiger charge is -2.29. The van der Waals surface area contributed by atoms with Crippen molar-refractivity contribution in [2.24, 2.45) is 0 Å². The molecule has 9 heteroatoms. The number of hydrogen-bond acceptors (Lipinski definition) is 7. The number of benzene rings is 2. The molecule has 0 unspecified atom stereocenters. The van der Waals surface area contributed by atoms with Crippen LogP contribution < -0.4 is 16.2 Å². The molecule has 0 saturated carbocycles. The van der Waals surface area contributed by atoms with E-state index in [2.05, 4.69) is 58.1 Å². The fourth-order valence-corrected chi connectivity index (χ4v) is 5.37. The van der Waals surface area contributed by atoms with Crippen molar-refractivity contribution in [3.63, 3.8) is 0 Å². The minimum absolute atomic E-state index is 0.0609. The average Bonchev–Trinajstić information content (AvgIpc) is 3.42. The summed E-state index contributed by atoms with van der Waals surface area (Å²) in [6, 6.07) is 14.4. The number of carbonyl (C=O) groups excluding carboxylic acids is 1. The van der Waals surface area contributed by atoms with E-state index in [9.17, 15) is 9.59 Å². The second-order valence-corrected chi connectivity index (χ2v) is 10.1. The van der Waals surface area contributed by atoms with Crippen molar-refractivity contribution in [1.29, 1.82) is 0 Å². The van der Waals surface area contributed by atoms with Gasteiger partial charge < -0.3 is 14.8 Å². The van der Waals surface area contributed by atoms with Crippen LogP contribution in [0, 0.1) is 0 Å². The van der Waals surface area contributed by atoms with E-state index in [1.165, 1.54) is 30.6 Å². The topological polar surface area (TPSA) is 101 Å². The van der Waals surface area contributed by atoms with Gasteiger partial charge in [0.25, 0.3) is 5.91 Å². The molecule has 2 aromatic carbocycles. The third kappa shape index (κ3) is 4.94. The summed E-state index contributed by atoms with van der Waals surface area (Å²) in [5.41, 5.74) is 7.42. The van der Waals surface area contributed by atoms with Crippen molar-refractivity contribution in [3.8, 4) is 5.69 Å². The van der Waals surface area contributed by atoms with Crippen LogP contribution in [0.25, 0.3) is 22.8 Å². The van der Waals surface area contributed by atoms with Gasteiger partial charge in [0, 0.05) is 23.8 Å². The van der Waals surface area contributed by atoms with Crippen molar-refractivity contribution < 1.29 is 9.63 Å². The predicted octanol–water partition coefficient (Wildman–Crippen LogP) is 4.19. The van der Waals surface area contributed by atoms with E-state index in [4.69, 9.17) is 9.82 Å². The van der Waals surface area contributed by atoms with Crippen molar-refractivity contribution >= 4 is 34.7 Å². The Morgan fingerprint density at radius 1 is 1.10 bits per heavy atom. The van der Waals surface area contributed by atoms with Crippen LogP contribution in [-0.4, -0.2) is 52.6 Å². The zero-order chi connectivity index (χ0) is 26.9. The van der Waals surface area contributed by atoms with Gasteiger partial charge in [0.15, 0.2) is 5.65 Å². The summed E-state index contributed by atoms with van der Waals surface area (Å²) in [5.74, 6) is 0.303. The Kier molecular flexibility index (Phi) is 6.68. The number of pyridine rings is 1. The number of carbonyl (C=O) groups is 1. The highest BCUT2D eigenvalue weighted by Crippen LogP contribution is 2.29. The van der Waals surface area contributed by atoms with Gasteiger partial charge in [-0.1, -0.05) is 30.4 Å². The smallest absolute Gasteiger partial charge is 0.280 e. The van der Waals surface area contributed by atoms with Crippen LogP contribution in [0.3, 0.4) is 0 Å². The maximum atomic E-state index is 13.2. The Morgan fingerprint density at radius 2 is 1.90 bits per heavy atom. The van der Waals surface area contributed by atoms with Crippen LogP contribution in [0.5, 0.6) is 0 Å². The molecule has 1 saturated heterocycles. The van der Waals surface area contributed by atoms with Crippen molar-refractivity contribution in [1.82, 2.24) is 24.9 Å². The minimum atomic E-state index is -0.633. The Morgan fingerprint density at radius 3 is 2.67 bits per heavy atom. The molecule has 0 spiro atoms. The minimum Gasteiger partial charge on any atom is -0.324 e. The highest BCUT2D eigenvalue weighted by Gasteiger charge is 2.20. The standard InChI is InChI=1S/C30H30N6O3/c1-35-14-12-21(13-15-35)20-6-9-23(10-7-20)32-30-31-17-25-27(37)26(29(38)34-39-2)18-36(28(25)33-30)24-11-8-19-4-3-5-22(19)16-24/h3,5-11,16-18,21H,4,12-15H2,1-2H3,(H,34,38)(H,31,32,33). The van der Waals surface area contributed by atoms with E-state index < -0.39 is 11.3 Å². The number of aromatic nitrogens is 3. The lowest BCUT2D eigenvalue weighted by atomic mass is 9.89. The van der Waals surface area contributed by atoms with Crippen molar-refractivity contribution in [3.05, 3.63) is 93.4 Å². The molecule has 0 atom stereocenters. The molecule has 6 rings (SSSR count). The second-order valence-electron chi connectivity index (χ2n) is 10.1.